The third-order valence-electron chi connectivity index (χ3n) is 4.32. The summed E-state index contributed by atoms with van der Waals surface area (Å²) in [7, 11) is 1.69. The van der Waals surface area contributed by atoms with Gasteiger partial charge in [0.1, 0.15) is 5.75 Å². The second-order valence-electron chi connectivity index (χ2n) is 6.22. The van der Waals surface area contributed by atoms with Crippen LogP contribution in [0.25, 0.3) is 16.8 Å². The monoisotopic (exact) mass is 344 g/mol. The number of nitrogens with zero attached hydrogens (tertiary/aromatic N) is 4. The molecule has 2 heterocycles. The molecule has 0 fully saturated rings. The van der Waals surface area contributed by atoms with Gasteiger partial charge in [-0.1, -0.05) is 36.4 Å². The van der Waals surface area contributed by atoms with Crippen molar-refractivity contribution in [2.75, 3.05) is 7.11 Å². The van der Waals surface area contributed by atoms with Crippen molar-refractivity contribution < 1.29 is 4.74 Å². The van der Waals surface area contributed by atoms with Crippen molar-refractivity contribution in [1.82, 2.24) is 19.3 Å². The van der Waals surface area contributed by atoms with Crippen molar-refractivity contribution in [3.8, 4) is 22.6 Å². The van der Waals surface area contributed by atoms with Crippen molar-refractivity contribution in [3.63, 3.8) is 0 Å². The van der Waals surface area contributed by atoms with Gasteiger partial charge in [-0.05, 0) is 30.2 Å². The Kier molecular flexibility index (Phi) is 4.27. The van der Waals surface area contributed by atoms with E-state index in [4.69, 9.17) is 4.74 Å². The van der Waals surface area contributed by atoms with E-state index >= 15 is 0 Å². The predicted octanol–water partition coefficient (Wildman–Crippen LogP) is 4.10. The molecule has 4 rings (SSSR count). The molecule has 0 aliphatic heterocycles. The topological polar surface area (TPSA) is 44.9 Å². The van der Waals surface area contributed by atoms with Crippen LogP contribution < -0.4 is 4.74 Å². The molecule has 0 saturated heterocycles. The highest BCUT2D eigenvalue weighted by Gasteiger charge is 2.10. The molecule has 0 N–H and O–H groups in total. The van der Waals surface area contributed by atoms with E-state index < -0.39 is 0 Å². The fourth-order valence-electron chi connectivity index (χ4n) is 2.99. The molecule has 2 aromatic heterocycles. The average molecular weight is 344 g/mol. The van der Waals surface area contributed by atoms with Crippen LogP contribution in [0, 0.1) is 6.92 Å². The maximum absolute atomic E-state index is 5.60. The number of hydrogen-bond acceptors (Lipinski definition) is 3. The van der Waals surface area contributed by atoms with Crippen LogP contribution in [0.2, 0.25) is 0 Å². The fraction of sp³-hybridized carbons (Fsp3) is 0.143. The van der Waals surface area contributed by atoms with Crippen LogP contribution in [0.15, 0.2) is 73.4 Å². The summed E-state index contributed by atoms with van der Waals surface area (Å²) >= 11 is 0. The first-order chi connectivity index (χ1) is 12.7. The minimum Gasteiger partial charge on any atom is -0.495 e. The molecule has 0 amide bonds. The minimum absolute atomic E-state index is 0.754. The van der Waals surface area contributed by atoms with E-state index in [1.807, 2.05) is 58.9 Å². The van der Waals surface area contributed by atoms with E-state index in [0.29, 0.717) is 0 Å². The number of hydrogen-bond donors (Lipinski definition) is 0. The van der Waals surface area contributed by atoms with Gasteiger partial charge in [0.15, 0.2) is 0 Å². The molecule has 0 atom stereocenters. The van der Waals surface area contributed by atoms with Crippen LogP contribution in [-0.4, -0.2) is 26.4 Å². The molecule has 0 bridgehead atoms. The zero-order chi connectivity index (χ0) is 17.9. The summed E-state index contributed by atoms with van der Waals surface area (Å²) in [6.07, 6.45) is 7.72. The molecule has 5 nitrogen and oxygen atoms in total. The molecule has 5 heteroatoms. The van der Waals surface area contributed by atoms with Crippen LogP contribution >= 0.6 is 0 Å². The van der Waals surface area contributed by atoms with Gasteiger partial charge in [0, 0.05) is 18.0 Å². The zero-order valence-electron chi connectivity index (χ0n) is 14.8. The number of imidazole rings is 1. The van der Waals surface area contributed by atoms with Crippen molar-refractivity contribution in [2.24, 2.45) is 0 Å². The first kappa shape index (κ1) is 16.1. The molecule has 0 aliphatic rings. The van der Waals surface area contributed by atoms with Gasteiger partial charge in [0.25, 0.3) is 0 Å². The van der Waals surface area contributed by atoms with E-state index in [-0.39, 0.29) is 0 Å². The van der Waals surface area contributed by atoms with Crippen LogP contribution in [0.1, 0.15) is 11.3 Å². The van der Waals surface area contributed by atoms with Crippen molar-refractivity contribution in [2.45, 2.75) is 13.5 Å². The largest absolute Gasteiger partial charge is 0.495 e. The van der Waals surface area contributed by atoms with Crippen molar-refractivity contribution in [3.05, 3.63) is 84.7 Å². The standard InChI is InChI=1S/C21H20N4O/c1-16-12-24(15-22-16)20-9-8-18(10-21(20)26-2)19-11-23-25(14-19)13-17-6-4-3-5-7-17/h3-12,14-15H,13H2,1-2H3. The predicted molar refractivity (Wildman–Crippen MR) is 102 cm³/mol. The van der Waals surface area contributed by atoms with E-state index in [1.165, 1.54) is 5.56 Å². The first-order valence-corrected chi connectivity index (χ1v) is 8.49. The van der Waals surface area contributed by atoms with Gasteiger partial charge >= 0.3 is 0 Å². The van der Waals surface area contributed by atoms with Gasteiger partial charge < -0.3 is 9.30 Å². The molecule has 0 saturated carbocycles. The van der Waals surface area contributed by atoms with E-state index in [1.54, 1.807) is 13.4 Å². The Hall–Kier alpha value is -3.34. The number of methoxy groups -OCH3 is 1. The molecule has 0 spiro atoms. The molecule has 0 unspecified atom stereocenters. The summed E-state index contributed by atoms with van der Waals surface area (Å²) in [6.45, 7) is 2.73. The zero-order valence-corrected chi connectivity index (χ0v) is 14.8. The number of ether oxygens (including phenoxy) is 1. The summed E-state index contributed by atoms with van der Waals surface area (Å²) in [4.78, 5) is 4.29. The van der Waals surface area contributed by atoms with Gasteiger partial charge in [-0.15, -0.1) is 0 Å². The molecule has 130 valence electrons. The molecule has 4 aromatic rings. The third kappa shape index (κ3) is 3.24. The molecule has 26 heavy (non-hydrogen) atoms. The number of benzene rings is 2. The summed E-state index contributed by atoms with van der Waals surface area (Å²) in [5.41, 5.74) is 5.30. The number of aryl methyl sites for hydroxylation is 1. The fourth-order valence-corrected chi connectivity index (χ4v) is 2.99. The van der Waals surface area contributed by atoms with Crippen molar-refractivity contribution in [1.29, 1.82) is 0 Å². The van der Waals surface area contributed by atoms with Gasteiger partial charge in [-0.3, -0.25) is 4.68 Å². The lowest BCUT2D eigenvalue weighted by atomic mass is 10.1. The third-order valence-corrected chi connectivity index (χ3v) is 4.32. The summed E-state index contributed by atoms with van der Waals surface area (Å²) < 4.78 is 9.52. The summed E-state index contributed by atoms with van der Waals surface area (Å²) in [6, 6.07) is 16.5. The molecule has 0 radical (unpaired) electrons. The Morgan fingerprint density at radius 1 is 1.00 bits per heavy atom. The van der Waals surface area contributed by atoms with Crippen LogP contribution in [0.4, 0.5) is 0 Å². The second-order valence-corrected chi connectivity index (χ2v) is 6.22. The van der Waals surface area contributed by atoms with Gasteiger partial charge in [0.05, 0.1) is 37.6 Å². The van der Waals surface area contributed by atoms with E-state index in [9.17, 15) is 0 Å². The van der Waals surface area contributed by atoms with Crippen LogP contribution in [0.5, 0.6) is 5.75 Å². The molecule has 2 aromatic carbocycles. The lowest BCUT2D eigenvalue weighted by Gasteiger charge is -2.10. The molecular weight excluding hydrogens is 324 g/mol. The minimum atomic E-state index is 0.754. The van der Waals surface area contributed by atoms with E-state index in [0.717, 1.165) is 34.8 Å². The van der Waals surface area contributed by atoms with Gasteiger partial charge in [-0.2, -0.15) is 5.10 Å². The van der Waals surface area contributed by atoms with Gasteiger partial charge in [-0.25, -0.2) is 4.98 Å². The molecular formula is C21H20N4O. The second kappa shape index (κ2) is 6.88. The van der Waals surface area contributed by atoms with Gasteiger partial charge in [0.2, 0.25) is 0 Å². The highest BCUT2D eigenvalue weighted by atomic mass is 16.5. The van der Waals surface area contributed by atoms with Crippen LogP contribution in [0.3, 0.4) is 0 Å². The summed E-state index contributed by atoms with van der Waals surface area (Å²) in [5.74, 6) is 0.802. The lowest BCUT2D eigenvalue weighted by molar-refractivity contribution is 0.413. The highest BCUT2D eigenvalue weighted by molar-refractivity contribution is 5.67. The lowest BCUT2D eigenvalue weighted by Crippen LogP contribution is -1.99. The molecule has 0 aliphatic carbocycles. The Bertz CT molecular complexity index is 1020. The summed E-state index contributed by atoms with van der Waals surface area (Å²) in [5, 5.41) is 4.49. The maximum Gasteiger partial charge on any atom is 0.143 e. The van der Waals surface area contributed by atoms with Crippen molar-refractivity contribution >= 4 is 0 Å². The quantitative estimate of drug-likeness (QED) is 0.547. The first-order valence-electron chi connectivity index (χ1n) is 8.49. The number of rotatable bonds is 5. The Morgan fingerprint density at radius 3 is 2.58 bits per heavy atom. The Balaban J connectivity index is 1.62. The SMILES string of the molecule is COc1cc(-c2cnn(Cc3ccccc3)c2)ccc1-n1cnc(C)c1. The average Bonchev–Trinajstić information content (AvgIpc) is 3.31. The maximum atomic E-state index is 5.60. The smallest absolute Gasteiger partial charge is 0.143 e. The Morgan fingerprint density at radius 2 is 1.85 bits per heavy atom. The highest BCUT2D eigenvalue weighted by Crippen LogP contribution is 2.29. The normalized spacial score (nSPS) is 10.8. The number of aromatic nitrogens is 4. The van der Waals surface area contributed by atoms with E-state index in [2.05, 4.69) is 34.5 Å². The Labute approximate surface area is 152 Å². The van der Waals surface area contributed by atoms with Crippen LogP contribution in [-0.2, 0) is 6.54 Å².